The maximum atomic E-state index is 13.0. The van der Waals surface area contributed by atoms with E-state index in [1.807, 2.05) is 46.1 Å². The number of hydrogen-bond donors (Lipinski definition) is 2. The topological polar surface area (TPSA) is 83.0 Å². The number of carbonyl (C=O) groups excluding carboxylic acids is 2. The highest BCUT2D eigenvalue weighted by atomic mass is 16.2. The molecule has 1 saturated carbocycles. The number of benzene rings is 1. The number of nitrogens with zero attached hydrogens (tertiary/aromatic N) is 3. The zero-order chi connectivity index (χ0) is 19.1. The average Bonchev–Trinajstić information content (AvgIpc) is 3.35. The van der Waals surface area contributed by atoms with Crippen LogP contribution in [-0.4, -0.2) is 44.1 Å². The molecule has 7 nitrogen and oxygen atoms in total. The highest BCUT2D eigenvalue weighted by Crippen LogP contribution is 2.22. The third-order valence-corrected chi connectivity index (χ3v) is 5.53. The molecule has 0 spiro atoms. The van der Waals surface area contributed by atoms with E-state index in [0.29, 0.717) is 31.2 Å². The van der Waals surface area contributed by atoms with Crippen LogP contribution in [0, 0.1) is 0 Å². The van der Waals surface area contributed by atoms with E-state index in [4.69, 9.17) is 0 Å². The molecule has 0 radical (unpaired) electrons. The summed E-state index contributed by atoms with van der Waals surface area (Å²) in [6.45, 7) is 1.92. The Labute approximate surface area is 162 Å². The lowest BCUT2D eigenvalue weighted by atomic mass is 10.1. The normalized spacial score (nSPS) is 16.6. The van der Waals surface area contributed by atoms with Gasteiger partial charge in [-0.3, -0.25) is 14.3 Å². The second-order valence-electron chi connectivity index (χ2n) is 7.70. The Bertz CT molecular complexity index is 1050. The fraction of sp³-hybridized carbons (Fsp3) is 0.381. The Hall–Kier alpha value is -3.09. The van der Waals surface area contributed by atoms with Crippen molar-refractivity contribution in [2.45, 2.75) is 44.8 Å². The van der Waals surface area contributed by atoms with Crippen molar-refractivity contribution in [1.82, 2.24) is 25.0 Å². The van der Waals surface area contributed by atoms with Gasteiger partial charge in [0.05, 0.1) is 18.7 Å². The Morgan fingerprint density at radius 1 is 1.21 bits per heavy atom. The molecule has 1 fully saturated rings. The summed E-state index contributed by atoms with van der Waals surface area (Å²) in [6.07, 6.45) is 5.22. The summed E-state index contributed by atoms with van der Waals surface area (Å²) in [5, 5.41) is 8.53. The number of hydrogen-bond acceptors (Lipinski definition) is 3. The van der Waals surface area contributed by atoms with Crippen LogP contribution in [0.15, 0.2) is 36.5 Å². The van der Waals surface area contributed by atoms with Crippen molar-refractivity contribution in [1.29, 1.82) is 0 Å². The maximum absolute atomic E-state index is 13.0. The van der Waals surface area contributed by atoms with Crippen LogP contribution in [-0.2, 0) is 24.3 Å². The minimum absolute atomic E-state index is 0.100. The number of rotatable bonds is 4. The van der Waals surface area contributed by atoms with E-state index in [1.165, 1.54) is 0 Å². The summed E-state index contributed by atoms with van der Waals surface area (Å²) in [5.74, 6) is -0.0110. The standard InChI is InChI=1S/C21H23N5O2/c27-20(10-14-12-22-18-5-2-1-4-17(14)18)25-8-3-9-26-16(13-25)11-19(24-26)21(28)23-15-6-7-15/h1-2,4-5,11-12,15,22H,3,6-10,13H2,(H,23,28). The van der Waals surface area contributed by atoms with Crippen LogP contribution < -0.4 is 5.32 Å². The third-order valence-electron chi connectivity index (χ3n) is 5.53. The first-order valence-corrected chi connectivity index (χ1v) is 9.88. The van der Waals surface area contributed by atoms with Crippen molar-refractivity contribution >= 4 is 22.7 Å². The minimum Gasteiger partial charge on any atom is -0.361 e. The molecule has 5 rings (SSSR count). The summed E-state index contributed by atoms with van der Waals surface area (Å²) in [6, 6.07) is 10.2. The molecule has 2 aromatic heterocycles. The highest BCUT2D eigenvalue weighted by Gasteiger charge is 2.27. The Balaban J connectivity index is 1.31. The second kappa shape index (κ2) is 6.82. The number of H-pyrrole nitrogens is 1. The van der Waals surface area contributed by atoms with Crippen molar-refractivity contribution < 1.29 is 9.59 Å². The highest BCUT2D eigenvalue weighted by molar-refractivity contribution is 5.93. The van der Waals surface area contributed by atoms with Gasteiger partial charge in [0.15, 0.2) is 5.69 Å². The number of aromatic amines is 1. The number of para-hydroxylation sites is 1. The van der Waals surface area contributed by atoms with Crippen molar-refractivity contribution in [3.8, 4) is 0 Å². The third kappa shape index (κ3) is 3.28. The van der Waals surface area contributed by atoms with Gasteiger partial charge in [0.25, 0.3) is 5.91 Å². The van der Waals surface area contributed by atoms with Gasteiger partial charge in [0, 0.05) is 36.2 Å². The van der Waals surface area contributed by atoms with Crippen LogP contribution >= 0.6 is 0 Å². The summed E-state index contributed by atoms with van der Waals surface area (Å²) < 4.78 is 1.88. The summed E-state index contributed by atoms with van der Waals surface area (Å²) >= 11 is 0. The molecule has 144 valence electrons. The molecule has 1 aliphatic carbocycles. The maximum Gasteiger partial charge on any atom is 0.272 e. The average molecular weight is 377 g/mol. The summed E-state index contributed by atoms with van der Waals surface area (Å²) in [5.41, 5.74) is 3.44. The molecule has 1 aliphatic heterocycles. The van der Waals surface area contributed by atoms with Gasteiger partial charge < -0.3 is 15.2 Å². The monoisotopic (exact) mass is 377 g/mol. The van der Waals surface area contributed by atoms with Crippen LogP contribution in [0.4, 0.5) is 0 Å². The van der Waals surface area contributed by atoms with E-state index in [1.54, 1.807) is 0 Å². The van der Waals surface area contributed by atoms with E-state index in [-0.39, 0.29) is 11.8 Å². The van der Waals surface area contributed by atoms with Gasteiger partial charge in [0.1, 0.15) is 0 Å². The summed E-state index contributed by atoms with van der Waals surface area (Å²) in [7, 11) is 0. The number of amides is 2. The van der Waals surface area contributed by atoms with Gasteiger partial charge in [-0.2, -0.15) is 5.10 Å². The van der Waals surface area contributed by atoms with Crippen LogP contribution in [0.1, 0.15) is 41.0 Å². The van der Waals surface area contributed by atoms with Crippen molar-refractivity contribution in [3.63, 3.8) is 0 Å². The van der Waals surface area contributed by atoms with Crippen LogP contribution in [0.3, 0.4) is 0 Å². The minimum atomic E-state index is -0.111. The molecule has 0 bridgehead atoms. The van der Waals surface area contributed by atoms with Crippen molar-refractivity contribution in [2.75, 3.05) is 6.54 Å². The molecule has 0 saturated heterocycles. The lowest BCUT2D eigenvalue weighted by Gasteiger charge is -2.19. The molecule has 0 atom stereocenters. The fourth-order valence-electron chi connectivity index (χ4n) is 3.83. The molecular formula is C21H23N5O2. The van der Waals surface area contributed by atoms with Gasteiger partial charge in [0.2, 0.25) is 5.91 Å². The fourth-order valence-corrected chi connectivity index (χ4v) is 3.83. The summed E-state index contributed by atoms with van der Waals surface area (Å²) in [4.78, 5) is 30.4. The van der Waals surface area contributed by atoms with E-state index in [0.717, 1.165) is 48.0 Å². The first-order chi connectivity index (χ1) is 13.7. The molecule has 7 heteroatoms. The van der Waals surface area contributed by atoms with Crippen LogP contribution in [0.5, 0.6) is 0 Å². The Morgan fingerprint density at radius 3 is 2.93 bits per heavy atom. The predicted octanol–water partition coefficient (Wildman–Crippen LogP) is 2.23. The van der Waals surface area contributed by atoms with Crippen molar-refractivity contribution in [2.24, 2.45) is 0 Å². The molecule has 3 aromatic rings. The smallest absolute Gasteiger partial charge is 0.272 e. The first kappa shape index (κ1) is 17.0. The molecule has 2 aliphatic rings. The number of aromatic nitrogens is 3. The lowest BCUT2D eigenvalue weighted by Crippen LogP contribution is -2.32. The van der Waals surface area contributed by atoms with Gasteiger partial charge in [-0.1, -0.05) is 18.2 Å². The largest absolute Gasteiger partial charge is 0.361 e. The number of nitrogens with one attached hydrogen (secondary N) is 2. The van der Waals surface area contributed by atoms with E-state index in [2.05, 4.69) is 15.4 Å². The van der Waals surface area contributed by atoms with Crippen LogP contribution in [0.25, 0.3) is 10.9 Å². The first-order valence-electron chi connectivity index (χ1n) is 9.88. The number of aryl methyl sites for hydroxylation is 1. The SMILES string of the molecule is O=C(NC1CC1)c1cc2n(n1)CCCN(C(=O)Cc1c[nH]c3ccccc13)C2. The molecule has 3 heterocycles. The van der Waals surface area contributed by atoms with Gasteiger partial charge >= 0.3 is 0 Å². The van der Waals surface area contributed by atoms with Gasteiger partial charge in [-0.15, -0.1) is 0 Å². The Morgan fingerprint density at radius 2 is 2.07 bits per heavy atom. The molecule has 0 unspecified atom stereocenters. The van der Waals surface area contributed by atoms with E-state index in [9.17, 15) is 9.59 Å². The molecule has 28 heavy (non-hydrogen) atoms. The predicted molar refractivity (Wildman–Crippen MR) is 105 cm³/mol. The molecular weight excluding hydrogens is 354 g/mol. The quantitative estimate of drug-likeness (QED) is 0.731. The molecule has 1 aromatic carbocycles. The lowest BCUT2D eigenvalue weighted by molar-refractivity contribution is -0.131. The van der Waals surface area contributed by atoms with E-state index < -0.39 is 0 Å². The van der Waals surface area contributed by atoms with Gasteiger partial charge in [-0.25, -0.2) is 0 Å². The van der Waals surface area contributed by atoms with Crippen LogP contribution in [0.2, 0.25) is 0 Å². The van der Waals surface area contributed by atoms with Crippen molar-refractivity contribution in [3.05, 3.63) is 53.5 Å². The van der Waals surface area contributed by atoms with E-state index >= 15 is 0 Å². The second-order valence-corrected chi connectivity index (χ2v) is 7.70. The number of fused-ring (bicyclic) bond motifs is 2. The zero-order valence-electron chi connectivity index (χ0n) is 15.6. The molecule has 2 N–H and O–H groups in total. The molecule has 2 amide bonds. The number of carbonyl (C=O) groups is 2. The zero-order valence-corrected chi connectivity index (χ0v) is 15.6. The van der Waals surface area contributed by atoms with Gasteiger partial charge in [-0.05, 0) is 37.0 Å². The Kier molecular flexibility index (Phi) is 4.15.